The molecule has 1 amide bonds. The van der Waals surface area contributed by atoms with Crippen LogP contribution in [0.15, 0.2) is 29.2 Å². The molecule has 3 aromatic heterocycles. The van der Waals surface area contributed by atoms with Crippen molar-refractivity contribution in [2.45, 2.75) is 50.9 Å². The fourth-order valence-corrected chi connectivity index (χ4v) is 5.56. The van der Waals surface area contributed by atoms with E-state index in [2.05, 4.69) is 26.2 Å². The summed E-state index contributed by atoms with van der Waals surface area (Å²) in [6, 6.07) is 5.97. The summed E-state index contributed by atoms with van der Waals surface area (Å²) >= 11 is 0. The maximum Gasteiger partial charge on any atom is 0.294 e. The van der Waals surface area contributed by atoms with E-state index in [0.717, 1.165) is 47.5 Å². The van der Waals surface area contributed by atoms with E-state index in [4.69, 9.17) is 4.74 Å². The number of hydrogen-bond acceptors (Lipinski definition) is 6. The third-order valence-electron chi connectivity index (χ3n) is 7.66. The van der Waals surface area contributed by atoms with Crippen LogP contribution >= 0.6 is 0 Å². The maximum absolute atomic E-state index is 13.8. The first-order valence-electron chi connectivity index (χ1n) is 12.4. The Bertz CT molecular complexity index is 1560. The molecule has 3 aliphatic rings. The number of anilines is 1. The van der Waals surface area contributed by atoms with E-state index in [1.807, 2.05) is 29.7 Å². The lowest BCUT2D eigenvalue weighted by Gasteiger charge is -2.21. The van der Waals surface area contributed by atoms with Crippen molar-refractivity contribution in [3.8, 4) is 0 Å². The molecule has 0 unspecified atom stereocenters. The Morgan fingerprint density at radius 1 is 1.09 bits per heavy atom. The van der Waals surface area contributed by atoms with Gasteiger partial charge in [-0.15, -0.1) is 10.2 Å². The number of pyridine rings is 1. The van der Waals surface area contributed by atoms with Gasteiger partial charge in [-0.05, 0) is 73.8 Å². The van der Waals surface area contributed by atoms with Gasteiger partial charge < -0.3 is 9.72 Å². The number of hydrogen-bond donors (Lipinski definition) is 1. The average molecular weight is 471 g/mol. The van der Waals surface area contributed by atoms with E-state index >= 15 is 0 Å². The van der Waals surface area contributed by atoms with Crippen LogP contribution in [0.25, 0.3) is 16.7 Å². The van der Waals surface area contributed by atoms with E-state index in [1.165, 1.54) is 18.4 Å². The minimum atomic E-state index is -0.286. The van der Waals surface area contributed by atoms with Crippen LogP contribution in [-0.4, -0.2) is 50.2 Å². The summed E-state index contributed by atoms with van der Waals surface area (Å²) in [6.07, 6.45) is 6.86. The summed E-state index contributed by atoms with van der Waals surface area (Å²) in [7, 11) is 0. The minimum Gasteiger partial charge on any atom is -0.381 e. The summed E-state index contributed by atoms with van der Waals surface area (Å²) in [4.78, 5) is 35.9. The molecule has 5 heterocycles. The van der Waals surface area contributed by atoms with E-state index in [1.54, 1.807) is 4.90 Å². The Morgan fingerprint density at radius 3 is 2.71 bits per heavy atom. The standard InChI is InChI=1S/C26H26N6O3/c1-14-10-20-21(32-23(16-5-8-35-9-6-16)29-30-24(32)25(33)28-20)12-19(14)26(34)31-7-4-17-11-18(15-2-3-15)13-27-22(17)31/h10-13,15-16H,2-9H2,1H3,(H,28,33). The number of benzene rings is 1. The first kappa shape index (κ1) is 20.8. The van der Waals surface area contributed by atoms with Gasteiger partial charge in [-0.1, -0.05) is 6.07 Å². The van der Waals surface area contributed by atoms with E-state index in [-0.39, 0.29) is 23.0 Å². The smallest absolute Gasteiger partial charge is 0.294 e. The van der Waals surface area contributed by atoms with Crippen LogP contribution in [0.3, 0.4) is 0 Å². The highest BCUT2D eigenvalue weighted by Gasteiger charge is 2.31. The number of aryl methyl sites for hydroxylation is 1. The lowest BCUT2D eigenvalue weighted by Crippen LogP contribution is -2.30. The van der Waals surface area contributed by atoms with Gasteiger partial charge in [0.05, 0.1) is 11.0 Å². The van der Waals surface area contributed by atoms with Gasteiger partial charge in [0.1, 0.15) is 11.6 Å². The molecule has 2 aliphatic heterocycles. The molecule has 0 atom stereocenters. The number of nitrogens with zero attached hydrogens (tertiary/aromatic N) is 5. The molecule has 35 heavy (non-hydrogen) atoms. The molecule has 0 spiro atoms. The summed E-state index contributed by atoms with van der Waals surface area (Å²) in [5, 5.41) is 8.59. The highest BCUT2D eigenvalue weighted by atomic mass is 16.5. The Labute approximate surface area is 201 Å². The number of aromatic amines is 1. The Balaban J connectivity index is 1.34. The van der Waals surface area contributed by atoms with E-state index in [9.17, 15) is 9.59 Å². The molecule has 1 N–H and O–H groups in total. The fourth-order valence-electron chi connectivity index (χ4n) is 5.56. The van der Waals surface area contributed by atoms with Crippen molar-refractivity contribution in [1.29, 1.82) is 0 Å². The number of nitrogens with one attached hydrogen (secondary N) is 1. The summed E-state index contributed by atoms with van der Waals surface area (Å²) in [5.41, 5.74) is 5.20. The SMILES string of the molecule is Cc1cc2[nH]c(=O)c3nnc(C4CCOCC4)n3c2cc1C(=O)N1CCc2cc(C3CC3)cnc21. The third kappa shape index (κ3) is 3.29. The molecule has 2 fully saturated rings. The predicted molar refractivity (Wildman–Crippen MR) is 130 cm³/mol. The molecule has 4 aromatic rings. The number of aromatic nitrogens is 5. The van der Waals surface area contributed by atoms with Crippen LogP contribution in [0.5, 0.6) is 0 Å². The van der Waals surface area contributed by atoms with Crippen LogP contribution < -0.4 is 10.5 Å². The Morgan fingerprint density at radius 2 is 1.91 bits per heavy atom. The van der Waals surface area contributed by atoms with Crippen molar-refractivity contribution in [3.63, 3.8) is 0 Å². The molecular formula is C26H26N6O3. The van der Waals surface area contributed by atoms with Crippen LogP contribution in [0, 0.1) is 6.92 Å². The summed E-state index contributed by atoms with van der Waals surface area (Å²) in [5.74, 6) is 2.23. The van der Waals surface area contributed by atoms with Crippen molar-refractivity contribution in [1.82, 2.24) is 24.6 Å². The van der Waals surface area contributed by atoms with Gasteiger partial charge in [0.25, 0.3) is 11.5 Å². The van der Waals surface area contributed by atoms with Crippen molar-refractivity contribution < 1.29 is 9.53 Å². The number of carbonyl (C=O) groups is 1. The fraction of sp³-hybridized carbons (Fsp3) is 0.423. The number of carbonyl (C=O) groups excluding carboxylic acids is 1. The van der Waals surface area contributed by atoms with E-state index in [0.29, 0.717) is 36.8 Å². The third-order valence-corrected chi connectivity index (χ3v) is 7.66. The molecule has 1 aliphatic carbocycles. The monoisotopic (exact) mass is 470 g/mol. The number of fused-ring (bicyclic) bond motifs is 4. The van der Waals surface area contributed by atoms with Crippen LogP contribution in [0.2, 0.25) is 0 Å². The van der Waals surface area contributed by atoms with Gasteiger partial charge in [0.2, 0.25) is 5.65 Å². The minimum absolute atomic E-state index is 0.0742. The Hall–Kier alpha value is -3.59. The molecule has 7 rings (SSSR count). The summed E-state index contributed by atoms with van der Waals surface area (Å²) in [6.45, 7) is 3.84. The van der Waals surface area contributed by atoms with Gasteiger partial charge in [0.15, 0.2) is 0 Å². The maximum atomic E-state index is 13.8. The average Bonchev–Trinajstić information content (AvgIpc) is 3.48. The molecule has 9 nitrogen and oxygen atoms in total. The zero-order chi connectivity index (χ0) is 23.7. The lowest BCUT2D eigenvalue weighted by atomic mass is 9.99. The van der Waals surface area contributed by atoms with Crippen LogP contribution in [-0.2, 0) is 11.2 Å². The number of rotatable bonds is 3. The molecule has 9 heteroatoms. The highest BCUT2D eigenvalue weighted by Crippen LogP contribution is 2.41. The number of amides is 1. The lowest BCUT2D eigenvalue weighted by molar-refractivity contribution is 0.0834. The largest absolute Gasteiger partial charge is 0.381 e. The van der Waals surface area contributed by atoms with Gasteiger partial charge in [-0.2, -0.15) is 0 Å². The number of ether oxygens (including phenoxy) is 1. The summed E-state index contributed by atoms with van der Waals surface area (Å²) < 4.78 is 7.35. The van der Waals surface area contributed by atoms with E-state index < -0.39 is 0 Å². The number of H-pyrrole nitrogens is 1. The predicted octanol–water partition coefficient (Wildman–Crippen LogP) is 3.25. The zero-order valence-electron chi connectivity index (χ0n) is 19.6. The second kappa shape index (κ2) is 7.71. The molecular weight excluding hydrogens is 444 g/mol. The van der Waals surface area contributed by atoms with Crippen LogP contribution in [0.1, 0.15) is 70.4 Å². The van der Waals surface area contributed by atoms with Crippen molar-refractivity contribution in [2.75, 3.05) is 24.7 Å². The van der Waals surface area contributed by atoms with Gasteiger partial charge in [-0.3, -0.25) is 18.9 Å². The molecule has 1 aromatic carbocycles. The van der Waals surface area contributed by atoms with Gasteiger partial charge >= 0.3 is 0 Å². The van der Waals surface area contributed by atoms with Crippen molar-refractivity contribution >= 4 is 28.4 Å². The quantitative estimate of drug-likeness (QED) is 0.493. The van der Waals surface area contributed by atoms with Gasteiger partial charge in [-0.25, -0.2) is 4.98 Å². The second-order valence-corrected chi connectivity index (χ2v) is 9.97. The second-order valence-electron chi connectivity index (χ2n) is 9.97. The molecule has 1 saturated heterocycles. The highest BCUT2D eigenvalue weighted by molar-refractivity contribution is 6.09. The Kier molecular flexibility index (Phi) is 4.57. The molecule has 0 bridgehead atoms. The van der Waals surface area contributed by atoms with Crippen LogP contribution in [0.4, 0.5) is 5.82 Å². The molecule has 178 valence electrons. The molecule has 1 saturated carbocycles. The van der Waals surface area contributed by atoms with Crippen molar-refractivity contribution in [3.05, 3.63) is 62.8 Å². The van der Waals surface area contributed by atoms with Crippen molar-refractivity contribution in [2.24, 2.45) is 0 Å². The normalized spacial score (nSPS) is 18.5. The topological polar surface area (TPSA) is 105 Å². The first-order valence-corrected chi connectivity index (χ1v) is 12.4. The first-order chi connectivity index (χ1) is 17.1. The van der Waals surface area contributed by atoms with Gasteiger partial charge in [0, 0.05) is 37.4 Å². The zero-order valence-corrected chi connectivity index (χ0v) is 19.6. The molecule has 0 radical (unpaired) electrons.